The molecule has 21 heavy (non-hydrogen) atoms. The molecule has 3 saturated heterocycles. The minimum Gasteiger partial charge on any atom is -0.481 e. The van der Waals surface area contributed by atoms with Gasteiger partial charge in [0.25, 0.3) is 0 Å². The Morgan fingerprint density at radius 1 is 1.29 bits per heavy atom. The van der Waals surface area contributed by atoms with Crippen LogP contribution in [0.5, 0.6) is 0 Å². The molecule has 0 saturated carbocycles. The summed E-state index contributed by atoms with van der Waals surface area (Å²) in [7, 11) is 0. The van der Waals surface area contributed by atoms with Gasteiger partial charge in [0.15, 0.2) is 0 Å². The molecule has 0 aromatic heterocycles. The summed E-state index contributed by atoms with van der Waals surface area (Å²) in [5.74, 6) is -0.956. The average molecular weight is 298 g/mol. The van der Waals surface area contributed by atoms with Crippen molar-refractivity contribution in [2.24, 2.45) is 5.41 Å². The Bertz CT molecular complexity index is 443. The minimum atomic E-state index is -1.08. The molecule has 7 nitrogen and oxygen atoms in total. The number of nitrogens with one attached hydrogen (secondary N) is 1. The quantitative estimate of drug-likeness (QED) is 0.675. The third kappa shape index (κ3) is 2.38. The summed E-state index contributed by atoms with van der Waals surface area (Å²) in [6, 6.07) is -0.611. The summed E-state index contributed by atoms with van der Waals surface area (Å²) in [4.78, 5) is 25.7. The number of nitrogens with zero attached hydrogens (tertiary/aromatic N) is 1. The Kier molecular flexibility index (Phi) is 3.57. The fourth-order valence-corrected chi connectivity index (χ4v) is 3.79. The minimum absolute atomic E-state index is 0.0668. The summed E-state index contributed by atoms with van der Waals surface area (Å²) < 4.78 is 5.25. The molecule has 3 heterocycles. The van der Waals surface area contributed by atoms with Crippen LogP contribution in [-0.2, 0) is 9.53 Å². The first kappa shape index (κ1) is 14.6. The number of ether oxygens (including phenoxy) is 1. The van der Waals surface area contributed by atoms with E-state index in [9.17, 15) is 19.8 Å². The van der Waals surface area contributed by atoms with Gasteiger partial charge in [-0.15, -0.1) is 0 Å². The highest BCUT2D eigenvalue weighted by atomic mass is 16.5. The fraction of sp³-hybridized carbons (Fsp3) is 0.857. The van der Waals surface area contributed by atoms with Crippen LogP contribution in [0.25, 0.3) is 0 Å². The van der Waals surface area contributed by atoms with Crippen LogP contribution in [0.4, 0.5) is 4.79 Å². The SMILES string of the molecule is CC1(C(=O)O)COCC1NC(=O)N1C2CCC1CC(O)C2. The van der Waals surface area contributed by atoms with E-state index in [-0.39, 0.29) is 37.4 Å². The van der Waals surface area contributed by atoms with E-state index in [0.29, 0.717) is 12.8 Å². The molecule has 3 rings (SSSR count). The van der Waals surface area contributed by atoms with Crippen LogP contribution in [0.2, 0.25) is 0 Å². The first-order valence-electron chi connectivity index (χ1n) is 7.50. The maximum Gasteiger partial charge on any atom is 0.318 e. The number of hydrogen-bond acceptors (Lipinski definition) is 4. The largest absolute Gasteiger partial charge is 0.481 e. The number of aliphatic hydroxyl groups is 1. The summed E-state index contributed by atoms with van der Waals surface area (Å²) in [5.41, 5.74) is -1.08. The van der Waals surface area contributed by atoms with Crippen molar-refractivity contribution in [2.45, 2.75) is 56.8 Å². The summed E-state index contributed by atoms with van der Waals surface area (Å²) in [5, 5.41) is 21.9. The van der Waals surface area contributed by atoms with Crippen LogP contribution in [0.1, 0.15) is 32.6 Å². The number of fused-ring (bicyclic) bond motifs is 2. The third-order valence-corrected chi connectivity index (χ3v) is 5.18. The van der Waals surface area contributed by atoms with Gasteiger partial charge in [-0.1, -0.05) is 0 Å². The Morgan fingerprint density at radius 3 is 2.48 bits per heavy atom. The van der Waals surface area contributed by atoms with Crippen molar-refractivity contribution in [3.05, 3.63) is 0 Å². The molecule has 0 aliphatic carbocycles. The lowest BCUT2D eigenvalue weighted by molar-refractivity contribution is -0.148. The fourth-order valence-electron chi connectivity index (χ4n) is 3.79. The van der Waals surface area contributed by atoms with Gasteiger partial charge in [0.2, 0.25) is 0 Å². The van der Waals surface area contributed by atoms with Crippen LogP contribution in [0, 0.1) is 5.41 Å². The van der Waals surface area contributed by atoms with Crippen LogP contribution in [-0.4, -0.2) is 64.6 Å². The molecular formula is C14H22N2O5. The molecular weight excluding hydrogens is 276 g/mol. The molecule has 3 aliphatic rings. The van der Waals surface area contributed by atoms with Gasteiger partial charge >= 0.3 is 12.0 Å². The number of piperidine rings is 1. The highest BCUT2D eigenvalue weighted by Gasteiger charge is 2.49. The van der Waals surface area contributed by atoms with Gasteiger partial charge < -0.3 is 25.2 Å². The lowest BCUT2D eigenvalue weighted by Gasteiger charge is -2.38. The number of carboxylic acid groups (broad SMARTS) is 1. The molecule has 118 valence electrons. The maximum absolute atomic E-state index is 12.5. The van der Waals surface area contributed by atoms with Crippen LogP contribution < -0.4 is 5.32 Å². The normalized spacial score (nSPS) is 42.1. The molecule has 0 aromatic carbocycles. The number of carbonyl (C=O) groups is 2. The number of aliphatic hydroxyl groups excluding tert-OH is 1. The molecule has 3 fully saturated rings. The van der Waals surface area contributed by atoms with E-state index in [0.717, 1.165) is 12.8 Å². The number of urea groups is 1. The van der Waals surface area contributed by atoms with Crippen molar-refractivity contribution < 1.29 is 24.5 Å². The summed E-state index contributed by atoms with van der Waals surface area (Å²) in [6.07, 6.45) is 2.72. The van der Waals surface area contributed by atoms with E-state index in [2.05, 4.69) is 5.32 Å². The van der Waals surface area contributed by atoms with Crippen molar-refractivity contribution in [3.63, 3.8) is 0 Å². The number of aliphatic carboxylic acids is 1. The molecule has 3 N–H and O–H groups in total. The third-order valence-electron chi connectivity index (χ3n) is 5.18. The van der Waals surface area contributed by atoms with Gasteiger partial charge in [-0.3, -0.25) is 4.79 Å². The van der Waals surface area contributed by atoms with Gasteiger partial charge in [-0.05, 0) is 32.6 Å². The second kappa shape index (κ2) is 5.14. The lowest BCUT2D eigenvalue weighted by Crippen LogP contribution is -2.57. The van der Waals surface area contributed by atoms with E-state index in [1.165, 1.54) is 0 Å². The topological polar surface area (TPSA) is 99.1 Å². The average Bonchev–Trinajstić information content (AvgIpc) is 2.90. The second-order valence-electron chi connectivity index (χ2n) is 6.66. The van der Waals surface area contributed by atoms with Gasteiger partial charge in [-0.25, -0.2) is 4.79 Å². The Labute approximate surface area is 123 Å². The number of amides is 2. The van der Waals surface area contributed by atoms with Gasteiger partial charge in [0, 0.05) is 12.1 Å². The number of hydrogen-bond donors (Lipinski definition) is 3. The van der Waals surface area contributed by atoms with E-state index >= 15 is 0 Å². The van der Waals surface area contributed by atoms with Crippen LogP contribution in [0.15, 0.2) is 0 Å². The van der Waals surface area contributed by atoms with Crippen molar-refractivity contribution in [1.29, 1.82) is 0 Å². The number of rotatable bonds is 2. The van der Waals surface area contributed by atoms with E-state index in [4.69, 9.17) is 4.74 Å². The zero-order chi connectivity index (χ0) is 15.2. The maximum atomic E-state index is 12.5. The zero-order valence-electron chi connectivity index (χ0n) is 12.1. The molecule has 0 spiro atoms. The standard InChI is InChI=1S/C14H22N2O5/c1-14(12(18)19)7-21-6-11(14)15-13(20)16-8-2-3-9(16)5-10(17)4-8/h8-11,17H,2-7H2,1H3,(H,15,20)(H,18,19). The molecule has 0 radical (unpaired) electrons. The predicted octanol–water partition coefficient (Wildman–Crippen LogP) is 0.173. The molecule has 4 atom stereocenters. The van der Waals surface area contributed by atoms with E-state index in [1.807, 2.05) is 0 Å². The van der Waals surface area contributed by atoms with E-state index < -0.39 is 17.4 Å². The van der Waals surface area contributed by atoms with Crippen LogP contribution in [0.3, 0.4) is 0 Å². The second-order valence-corrected chi connectivity index (χ2v) is 6.66. The number of carbonyl (C=O) groups excluding carboxylic acids is 1. The smallest absolute Gasteiger partial charge is 0.318 e. The molecule has 4 unspecified atom stereocenters. The van der Waals surface area contributed by atoms with Crippen molar-refractivity contribution in [2.75, 3.05) is 13.2 Å². The summed E-state index contributed by atoms with van der Waals surface area (Å²) in [6.45, 7) is 1.93. The van der Waals surface area contributed by atoms with Crippen molar-refractivity contribution >= 4 is 12.0 Å². The first-order chi connectivity index (χ1) is 9.91. The molecule has 3 aliphatic heterocycles. The summed E-state index contributed by atoms with van der Waals surface area (Å²) >= 11 is 0. The van der Waals surface area contributed by atoms with Gasteiger partial charge in [0.05, 0.1) is 25.4 Å². The Morgan fingerprint density at radius 2 is 1.90 bits per heavy atom. The zero-order valence-corrected chi connectivity index (χ0v) is 12.1. The van der Waals surface area contributed by atoms with Crippen molar-refractivity contribution in [3.8, 4) is 0 Å². The van der Waals surface area contributed by atoms with E-state index in [1.54, 1.807) is 11.8 Å². The van der Waals surface area contributed by atoms with Crippen LogP contribution >= 0.6 is 0 Å². The molecule has 0 aromatic rings. The predicted molar refractivity (Wildman–Crippen MR) is 72.8 cm³/mol. The lowest BCUT2D eigenvalue weighted by atomic mass is 9.85. The molecule has 2 bridgehead atoms. The van der Waals surface area contributed by atoms with Gasteiger partial charge in [-0.2, -0.15) is 0 Å². The Hall–Kier alpha value is -1.34. The number of carboxylic acids is 1. The highest BCUT2D eigenvalue weighted by molar-refractivity contribution is 5.80. The van der Waals surface area contributed by atoms with Crippen molar-refractivity contribution in [1.82, 2.24) is 10.2 Å². The Balaban J connectivity index is 1.68. The monoisotopic (exact) mass is 298 g/mol. The highest BCUT2D eigenvalue weighted by Crippen LogP contribution is 2.36. The van der Waals surface area contributed by atoms with Gasteiger partial charge in [0.1, 0.15) is 5.41 Å². The first-order valence-corrected chi connectivity index (χ1v) is 7.50. The molecule has 2 amide bonds. The molecule has 7 heteroatoms.